The number of hydrogen-bond donors (Lipinski definition) is 2. The number of benzene rings is 1. The molecule has 0 aromatic heterocycles. The summed E-state index contributed by atoms with van der Waals surface area (Å²) in [7, 11) is 3.26. The Morgan fingerprint density at radius 2 is 1.89 bits per heavy atom. The maximum atomic E-state index is 6.16. The average molecular weight is 377 g/mol. The van der Waals surface area contributed by atoms with Crippen LogP contribution in [0.15, 0.2) is 23.2 Å². The van der Waals surface area contributed by atoms with Gasteiger partial charge >= 0.3 is 0 Å². The van der Waals surface area contributed by atoms with Gasteiger partial charge in [-0.2, -0.15) is 0 Å². The number of rotatable bonds is 7. The van der Waals surface area contributed by atoms with E-state index in [0.717, 1.165) is 38.2 Å². The van der Waals surface area contributed by atoms with Gasteiger partial charge in [0.1, 0.15) is 0 Å². The van der Waals surface area contributed by atoms with Crippen LogP contribution in [-0.2, 0) is 11.3 Å². The van der Waals surface area contributed by atoms with Gasteiger partial charge in [-0.25, -0.2) is 4.99 Å². The van der Waals surface area contributed by atoms with Crippen molar-refractivity contribution in [2.24, 2.45) is 10.7 Å². The molecule has 3 rings (SSSR count). The SMILES string of the molecule is COc1ccc(CN=C(N)NCC2(N3CCCC3)CCOCC2)cc1OC. The second-order valence-electron chi connectivity index (χ2n) is 7.28. The molecule has 0 saturated carbocycles. The van der Waals surface area contributed by atoms with Gasteiger partial charge in [0.25, 0.3) is 0 Å². The molecule has 2 saturated heterocycles. The van der Waals surface area contributed by atoms with Crippen LogP contribution in [0, 0.1) is 0 Å². The van der Waals surface area contributed by atoms with Crippen molar-refractivity contribution in [3.05, 3.63) is 23.8 Å². The van der Waals surface area contributed by atoms with Crippen LogP contribution in [-0.4, -0.2) is 63.5 Å². The zero-order valence-electron chi connectivity index (χ0n) is 16.5. The summed E-state index contributed by atoms with van der Waals surface area (Å²) in [6, 6.07) is 5.79. The summed E-state index contributed by atoms with van der Waals surface area (Å²) in [5.74, 6) is 1.89. The van der Waals surface area contributed by atoms with Gasteiger partial charge in [0.15, 0.2) is 17.5 Å². The van der Waals surface area contributed by atoms with Gasteiger partial charge in [0.05, 0.1) is 20.8 Å². The quantitative estimate of drug-likeness (QED) is 0.557. The molecule has 1 aromatic carbocycles. The Morgan fingerprint density at radius 3 is 2.56 bits per heavy atom. The average Bonchev–Trinajstić information content (AvgIpc) is 3.26. The van der Waals surface area contributed by atoms with E-state index in [2.05, 4.69) is 15.2 Å². The lowest BCUT2D eigenvalue weighted by molar-refractivity contribution is -0.0163. The third-order valence-electron chi connectivity index (χ3n) is 5.68. The van der Waals surface area contributed by atoms with Crippen LogP contribution in [0.5, 0.6) is 11.5 Å². The lowest BCUT2D eigenvalue weighted by Gasteiger charge is -2.44. The monoisotopic (exact) mass is 376 g/mol. The van der Waals surface area contributed by atoms with Crippen LogP contribution in [0.4, 0.5) is 0 Å². The summed E-state index contributed by atoms with van der Waals surface area (Å²) in [6.07, 6.45) is 4.66. The normalized spacial score (nSPS) is 20.4. The number of likely N-dealkylation sites (tertiary alicyclic amines) is 1. The predicted octanol–water partition coefficient (Wildman–Crippen LogP) is 1.75. The number of hydrogen-bond acceptors (Lipinski definition) is 5. The number of aliphatic imine (C=N–C) groups is 1. The van der Waals surface area contributed by atoms with Crippen LogP contribution in [0.25, 0.3) is 0 Å². The van der Waals surface area contributed by atoms with Crippen LogP contribution in [0.2, 0.25) is 0 Å². The molecule has 2 aliphatic heterocycles. The van der Waals surface area contributed by atoms with E-state index >= 15 is 0 Å². The molecule has 1 aromatic rings. The van der Waals surface area contributed by atoms with E-state index in [1.165, 1.54) is 25.9 Å². The Bertz CT molecular complexity index is 638. The predicted molar refractivity (Wildman–Crippen MR) is 106 cm³/mol. The van der Waals surface area contributed by atoms with Crippen molar-refractivity contribution in [2.75, 3.05) is 47.1 Å². The number of ether oxygens (including phenoxy) is 3. The molecule has 0 radical (unpaired) electrons. The Balaban J connectivity index is 1.59. The van der Waals surface area contributed by atoms with Gasteiger partial charge in [-0.05, 0) is 56.5 Å². The molecule has 0 spiro atoms. The summed E-state index contributed by atoms with van der Waals surface area (Å²) in [5.41, 5.74) is 7.32. The Morgan fingerprint density at radius 1 is 1.19 bits per heavy atom. The van der Waals surface area contributed by atoms with Gasteiger partial charge in [0, 0.05) is 25.3 Å². The van der Waals surface area contributed by atoms with Gasteiger partial charge in [-0.15, -0.1) is 0 Å². The summed E-state index contributed by atoms with van der Waals surface area (Å²) in [5, 5.41) is 3.37. The fourth-order valence-corrected chi connectivity index (χ4v) is 4.01. The highest BCUT2D eigenvalue weighted by Gasteiger charge is 2.39. The molecule has 7 nitrogen and oxygen atoms in total. The molecule has 2 fully saturated rings. The van der Waals surface area contributed by atoms with Gasteiger partial charge in [-0.3, -0.25) is 4.90 Å². The van der Waals surface area contributed by atoms with E-state index < -0.39 is 0 Å². The first-order valence-electron chi connectivity index (χ1n) is 9.74. The fourth-order valence-electron chi connectivity index (χ4n) is 4.01. The topological polar surface area (TPSA) is 81.3 Å². The number of guanidine groups is 1. The van der Waals surface area contributed by atoms with Crippen molar-refractivity contribution in [3.63, 3.8) is 0 Å². The maximum Gasteiger partial charge on any atom is 0.188 e. The van der Waals surface area contributed by atoms with Crippen molar-refractivity contribution in [1.82, 2.24) is 10.2 Å². The highest BCUT2D eigenvalue weighted by atomic mass is 16.5. The Labute approximate surface area is 161 Å². The molecule has 3 N–H and O–H groups in total. The van der Waals surface area contributed by atoms with Crippen molar-refractivity contribution < 1.29 is 14.2 Å². The second-order valence-corrected chi connectivity index (χ2v) is 7.28. The molecular weight excluding hydrogens is 344 g/mol. The van der Waals surface area contributed by atoms with E-state index in [0.29, 0.717) is 24.0 Å². The summed E-state index contributed by atoms with van der Waals surface area (Å²) < 4.78 is 16.2. The van der Waals surface area contributed by atoms with Crippen molar-refractivity contribution in [1.29, 1.82) is 0 Å². The largest absolute Gasteiger partial charge is 0.493 e. The molecule has 0 unspecified atom stereocenters. The van der Waals surface area contributed by atoms with Gasteiger partial charge in [-0.1, -0.05) is 6.07 Å². The lowest BCUT2D eigenvalue weighted by Crippen LogP contribution is -2.58. The van der Waals surface area contributed by atoms with Gasteiger partial charge in [0.2, 0.25) is 0 Å². The molecule has 0 bridgehead atoms. The first-order valence-corrected chi connectivity index (χ1v) is 9.74. The van der Waals surface area contributed by atoms with Gasteiger partial charge < -0.3 is 25.3 Å². The first-order chi connectivity index (χ1) is 13.2. The van der Waals surface area contributed by atoms with Crippen LogP contribution in [0.1, 0.15) is 31.2 Å². The number of nitrogens with zero attached hydrogens (tertiary/aromatic N) is 2. The van der Waals surface area contributed by atoms with Crippen LogP contribution < -0.4 is 20.5 Å². The molecule has 2 heterocycles. The third-order valence-corrected chi connectivity index (χ3v) is 5.68. The smallest absolute Gasteiger partial charge is 0.188 e. The summed E-state index contributed by atoms with van der Waals surface area (Å²) >= 11 is 0. The van der Waals surface area contributed by atoms with Crippen molar-refractivity contribution in [3.8, 4) is 11.5 Å². The first kappa shape index (κ1) is 19.8. The minimum absolute atomic E-state index is 0.137. The van der Waals surface area contributed by atoms with E-state index in [1.54, 1.807) is 14.2 Å². The molecule has 150 valence electrons. The fraction of sp³-hybridized carbons (Fsp3) is 0.650. The molecule has 2 aliphatic rings. The molecule has 27 heavy (non-hydrogen) atoms. The highest BCUT2D eigenvalue weighted by molar-refractivity contribution is 5.77. The Kier molecular flexibility index (Phi) is 6.79. The number of methoxy groups -OCH3 is 2. The van der Waals surface area contributed by atoms with Crippen molar-refractivity contribution >= 4 is 5.96 Å². The van der Waals surface area contributed by atoms with Crippen LogP contribution in [0.3, 0.4) is 0 Å². The van der Waals surface area contributed by atoms with Crippen LogP contribution >= 0.6 is 0 Å². The minimum atomic E-state index is 0.137. The molecular formula is C20H32N4O3. The zero-order valence-corrected chi connectivity index (χ0v) is 16.5. The highest BCUT2D eigenvalue weighted by Crippen LogP contribution is 2.31. The van der Waals surface area contributed by atoms with E-state index in [4.69, 9.17) is 19.9 Å². The van der Waals surface area contributed by atoms with Crippen molar-refractivity contribution in [2.45, 2.75) is 37.8 Å². The minimum Gasteiger partial charge on any atom is -0.493 e. The van der Waals surface area contributed by atoms with E-state index in [9.17, 15) is 0 Å². The standard InChI is InChI=1S/C20H32N4O3/c1-25-17-6-5-16(13-18(17)26-2)14-22-19(21)23-15-20(7-11-27-12-8-20)24-9-3-4-10-24/h5-6,13H,3-4,7-12,14-15H2,1-2H3,(H3,21,22,23). The number of nitrogens with one attached hydrogen (secondary N) is 1. The maximum absolute atomic E-state index is 6.16. The zero-order chi connectivity index (χ0) is 19.1. The molecule has 0 aliphatic carbocycles. The summed E-state index contributed by atoms with van der Waals surface area (Å²) in [4.78, 5) is 7.12. The molecule has 7 heteroatoms. The lowest BCUT2D eigenvalue weighted by atomic mass is 9.88. The number of nitrogens with two attached hydrogens (primary N) is 1. The summed E-state index contributed by atoms with van der Waals surface area (Å²) in [6.45, 7) is 5.30. The molecule has 0 amide bonds. The molecule has 0 atom stereocenters. The van der Waals surface area contributed by atoms with E-state index in [1.807, 2.05) is 18.2 Å². The third kappa shape index (κ3) is 4.84. The Hall–Kier alpha value is -1.99. The van der Waals surface area contributed by atoms with E-state index in [-0.39, 0.29) is 5.54 Å². The second kappa shape index (κ2) is 9.28.